The van der Waals surface area contributed by atoms with Crippen LogP contribution in [0, 0.1) is 11.3 Å². The van der Waals surface area contributed by atoms with Crippen molar-refractivity contribution in [1.29, 1.82) is 5.26 Å². The van der Waals surface area contributed by atoms with E-state index in [0.717, 1.165) is 0 Å². The number of nitrogens with zero attached hydrogens (tertiary/aromatic N) is 4. The van der Waals surface area contributed by atoms with Crippen LogP contribution in [0.2, 0.25) is 0 Å². The Morgan fingerprint density at radius 2 is 1.90 bits per heavy atom. The summed E-state index contributed by atoms with van der Waals surface area (Å²) >= 11 is 6.40. The van der Waals surface area contributed by atoms with Gasteiger partial charge in [0.1, 0.15) is 6.07 Å². The Hall–Kier alpha value is -3.04. The highest BCUT2D eigenvalue weighted by Gasteiger charge is 2.16. The van der Waals surface area contributed by atoms with Crippen molar-refractivity contribution < 1.29 is 7.48 Å². The third-order valence-corrected chi connectivity index (χ3v) is 4.75. The molecule has 0 unspecified atom stereocenters. The Labute approximate surface area is 182 Å². The molecule has 2 N–H and O–H groups in total. The molecular weight excluding hydrogens is 512 g/mol. The zero-order valence-corrected chi connectivity index (χ0v) is 18.0. The van der Waals surface area contributed by atoms with E-state index in [0.29, 0.717) is 10.2 Å². The molecule has 10 nitrogen and oxygen atoms in total. The van der Waals surface area contributed by atoms with Gasteiger partial charge in [-0.25, -0.2) is 9.89 Å². The van der Waals surface area contributed by atoms with E-state index < -0.39 is 16.9 Å². The monoisotopic (exact) mass is 524 g/mol. The van der Waals surface area contributed by atoms with Crippen LogP contribution in [0.15, 0.2) is 41.5 Å². The summed E-state index contributed by atoms with van der Waals surface area (Å²) in [6.07, 6.45) is 0. The number of halogens is 2. The molecule has 0 bridgehead atoms. The fourth-order valence-electron chi connectivity index (χ4n) is 2.26. The zero-order chi connectivity index (χ0) is 23.0. The molecule has 3 aromatic rings. The molecule has 0 radical (unpaired) electrons. The van der Waals surface area contributed by atoms with Gasteiger partial charge < -0.3 is 4.74 Å². The minimum absolute atomic E-state index is 0.00835. The van der Waals surface area contributed by atoms with Crippen molar-refractivity contribution in [2.24, 2.45) is 0 Å². The third kappa shape index (κ3) is 4.20. The number of nitrogens with one attached hydrogen (secondary N) is 2. The molecule has 0 saturated heterocycles. The smallest absolute Gasteiger partial charge is 0.349 e. The van der Waals surface area contributed by atoms with Gasteiger partial charge >= 0.3 is 5.69 Å². The predicted molar refractivity (Wildman–Crippen MR) is 110 cm³/mol. The van der Waals surface area contributed by atoms with E-state index in [2.05, 4.69) is 47.2 Å². The van der Waals surface area contributed by atoms with Crippen molar-refractivity contribution in [1.82, 2.24) is 25.0 Å². The average molecular weight is 526 g/mol. The molecule has 0 saturated carbocycles. The van der Waals surface area contributed by atoms with E-state index in [1.165, 1.54) is 6.07 Å². The van der Waals surface area contributed by atoms with Gasteiger partial charge in [-0.15, -0.1) is 10.2 Å². The Bertz CT molecular complexity index is 1400. The molecule has 0 aliphatic heterocycles. The van der Waals surface area contributed by atoms with E-state index in [-0.39, 0.29) is 49.8 Å². The van der Waals surface area contributed by atoms with Crippen molar-refractivity contribution in [3.05, 3.63) is 69.5 Å². The fourth-order valence-corrected chi connectivity index (χ4v) is 3.46. The first-order chi connectivity index (χ1) is 14.6. The lowest BCUT2D eigenvalue weighted by Gasteiger charge is -2.12. The van der Waals surface area contributed by atoms with E-state index in [4.69, 9.17) is 12.7 Å². The highest BCUT2D eigenvalue weighted by Crippen LogP contribution is 2.38. The van der Waals surface area contributed by atoms with Gasteiger partial charge in [0.15, 0.2) is 5.75 Å². The zero-order valence-electron chi connectivity index (χ0n) is 16.8. The standard InChI is InChI=1S/C17H12Br2N6O4/c1-7(2)9-5-13(22-23-15(9)26)29-14-10(18)3-8(4-11(14)19)25-17(28)21-16(27)12(6-20)24-25/h3-5,7H,1-2H3,(H,23,26)(H,21,27,28)/i3D,4D. The van der Waals surface area contributed by atoms with Crippen LogP contribution in [0.1, 0.15) is 33.8 Å². The number of hydrogen-bond acceptors (Lipinski definition) is 7. The Morgan fingerprint density at radius 1 is 1.24 bits per heavy atom. The normalized spacial score (nSPS) is 11.7. The molecule has 2 aromatic heterocycles. The Kier molecular flexibility index (Phi) is 5.06. The van der Waals surface area contributed by atoms with Crippen molar-refractivity contribution >= 4 is 31.9 Å². The first-order valence-corrected chi connectivity index (χ1v) is 9.55. The van der Waals surface area contributed by atoms with Crippen LogP contribution < -0.4 is 21.5 Å². The number of aromatic amines is 2. The molecule has 0 aliphatic carbocycles. The average Bonchev–Trinajstić information content (AvgIpc) is 2.72. The van der Waals surface area contributed by atoms with Gasteiger partial charge in [0.2, 0.25) is 11.6 Å². The van der Waals surface area contributed by atoms with Crippen LogP contribution in [0.25, 0.3) is 5.69 Å². The van der Waals surface area contributed by atoms with Gasteiger partial charge in [-0.05, 0) is 49.9 Å². The summed E-state index contributed by atoms with van der Waals surface area (Å²) in [5.74, 6) is -0.0947. The number of rotatable bonds is 4. The van der Waals surface area contributed by atoms with E-state index >= 15 is 0 Å². The van der Waals surface area contributed by atoms with Crippen molar-refractivity contribution in [3.63, 3.8) is 0 Å². The summed E-state index contributed by atoms with van der Waals surface area (Å²) in [6.45, 7) is 3.65. The number of ether oxygens (including phenoxy) is 1. The highest BCUT2D eigenvalue weighted by molar-refractivity contribution is 9.11. The first-order valence-electron chi connectivity index (χ1n) is 8.96. The largest absolute Gasteiger partial charge is 0.435 e. The van der Waals surface area contributed by atoms with Gasteiger partial charge in [-0.3, -0.25) is 14.6 Å². The molecule has 0 amide bonds. The van der Waals surface area contributed by atoms with Crippen molar-refractivity contribution in [2.75, 3.05) is 0 Å². The second-order valence-electron chi connectivity index (χ2n) is 5.93. The maximum atomic E-state index is 12.2. The van der Waals surface area contributed by atoms with Gasteiger partial charge in [-0.2, -0.15) is 9.94 Å². The lowest BCUT2D eigenvalue weighted by Crippen LogP contribution is -2.33. The van der Waals surface area contributed by atoms with Crippen molar-refractivity contribution in [2.45, 2.75) is 19.8 Å². The number of benzene rings is 1. The van der Waals surface area contributed by atoms with Gasteiger partial charge in [-0.1, -0.05) is 13.8 Å². The van der Waals surface area contributed by atoms with Crippen LogP contribution in [0.5, 0.6) is 11.6 Å². The summed E-state index contributed by atoms with van der Waals surface area (Å²) in [6, 6.07) is 2.24. The quantitative estimate of drug-likeness (QED) is 0.531. The summed E-state index contributed by atoms with van der Waals surface area (Å²) in [4.78, 5) is 37.6. The lowest BCUT2D eigenvalue weighted by molar-refractivity contribution is 0.446. The molecule has 0 aliphatic rings. The lowest BCUT2D eigenvalue weighted by atomic mass is 10.1. The topological polar surface area (TPSA) is 147 Å². The van der Waals surface area contributed by atoms with E-state index in [1.54, 1.807) is 6.07 Å². The number of nitriles is 1. The summed E-state index contributed by atoms with van der Waals surface area (Å²) < 4.78 is 23.1. The van der Waals surface area contributed by atoms with Crippen LogP contribution in [0.4, 0.5) is 0 Å². The molecule has 12 heteroatoms. The summed E-state index contributed by atoms with van der Waals surface area (Å²) in [5, 5.41) is 18.8. The molecule has 29 heavy (non-hydrogen) atoms. The number of hydrogen-bond donors (Lipinski definition) is 2. The maximum absolute atomic E-state index is 12.2. The summed E-state index contributed by atoms with van der Waals surface area (Å²) in [7, 11) is 0. The first kappa shape index (κ1) is 18.0. The Morgan fingerprint density at radius 3 is 2.48 bits per heavy atom. The van der Waals surface area contributed by atoms with Crippen LogP contribution >= 0.6 is 31.9 Å². The van der Waals surface area contributed by atoms with E-state index in [9.17, 15) is 14.4 Å². The van der Waals surface area contributed by atoms with Gasteiger partial charge in [0, 0.05) is 11.6 Å². The second kappa shape index (κ2) is 8.14. The predicted octanol–water partition coefficient (Wildman–Crippen LogP) is 2.32. The van der Waals surface area contributed by atoms with Crippen LogP contribution in [-0.4, -0.2) is 25.0 Å². The van der Waals surface area contributed by atoms with Crippen LogP contribution in [-0.2, 0) is 0 Å². The highest BCUT2D eigenvalue weighted by atomic mass is 79.9. The van der Waals surface area contributed by atoms with E-state index in [1.807, 2.05) is 18.8 Å². The maximum Gasteiger partial charge on any atom is 0.349 e. The molecule has 1 aromatic carbocycles. The third-order valence-electron chi connectivity index (χ3n) is 3.64. The fraction of sp³-hybridized carbons (Fsp3) is 0.176. The second-order valence-corrected chi connectivity index (χ2v) is 7.52. The summed E-state index contributed by atoms with van der Waals surface area (Å²) in [5.41, 5.74) is -2.85. The Balaban J connectivity index is 2.20. The number of H-pyrrole nitrogens is 2. The molecular formula is C17H12Br2N6O4. The molecule has 0 spiro atoms. The van der Waals surface area contributed by atoms with Crippen molar-refractivity contribution in [3.8, 4) is 23.4 Å². The van der Waals surface area contributed by atoms with Crippen LogP contribution in [0.3, 0.4) is 0 Å². The molecule has 0 fully saturated rings. The minimum Gasteiger partial charge on any atom is -0.435 e. The molecule has 0 atom stereocenters. The van der Waals surface area contributed by atoms with Gasteiger partial charge in [0.05, 0.1) is 17.4 Å². The molecule has 2 heterocycles. The van der Waals surface area contributed by atoms with Gasteiger partial charge in [0.25, 0.3) is 11.1 Å². The SMILES string of the molecule is [2H]c1c(Br)c(Oc2cc(C(C)C)c(=O)[nH]n2)c(Br)c([2H])c1-n1nc(C#N)c(=O)[nH]c1=O. The molecule has 148 valence electrons. The molecule has 3 rings (SSSR count). The minimum atomic E-state index is -1.03. The number of aromatic nitrogens is 5.